The Hall–Kier alpha value is -2.53. The van der Waals surface area contributed by atoms with Gasteiger partial charge in [0.1, 0.15) is 6.04 Å². The van der Waals surface area contributed by atoms with Crippen molar-refractivity contribution in [3.8, 4) is 11.5 Å². The topological polar surface area (TPSA) is 59.0 Å². The van der Waals surface area contributed by atoms with Crippen LogP contribution >= 0.6 is 0 Å². The number of rotatable bonds is 6. The number of ether oxygens (including phenoxy) is 2. The van der Waals surface area contributed by atoms with Crippen LogP contribution in [0.4, 0.5) is 0 Å². The molecule has 1 saturated heterocycles. The van der Waals surface area contributed by atoms with Gasteiger partial charge in [-0.3, -0.25) is 9.69 Å². The average Bonchev–Trinajstić information content (AvgIpc) is 2.69. The first-order valence-corrected chi connectivity index (χ1v) is 9.74. The number of likely N-dealkylation sites (tertiary alicyclic amines) is 1. The molecule has 2 aromatic carbocycles. The molecule has 150 valence electrons. The van der Waals surface area contributed by atoms with Crippen molar-refractivity contribution in [3.63, 3.8) is 0 Å². The van der Waals surface area contributed by atoms with Crippen LogP contribution in [0.25, 0.3) is 0 Å². The highest BCUT2D eigenvalue weighted by atomic mass is 16.5. The number of carboxylic acid groups (broad SMARTS) is 1. The Labute approximate surface area is 166 Å². The first kappa shape index (κ1) is 20.2. The third-order valence-corrected chi connectivity index (χ3v) is 5.60. The molecule has 0 radical (unpaired) electrons. The first-order chi connectivity index (χ1) is 13.5. The van der Waals surface area contributed by atoms with E-state index in [4.69, 9.17) is 9.47 Å². The van der Waals surface area contributed by atoms with Gasteiger partial charge in [-0.05, 0) is 62.1 Å². The highest BCUT2D eigenvalue weighted by molar-refractivity contribution is 5.73. The van der Waals surface area contributed by atoms with Gasteiger partial charge in [-0.2, -0.15) is 0 Å². The van der Waals surface area contributed by atoms with Gasteiger partial charge in [0, 0.05) is 0 Å². The molecule has 0 aliphatic carbocycles. The molecule has 1 N–H and O–H groups in total. The van der Waals surface area contributed by atoms with E-state index < -0.39 is 12.0 Å². The lowest BCUT2D eigenvalue weighted by atomic mass is 9.89. The minimum atomic E-state index is -0.755. The van der Waals surface area contributed by atoms with Crippen LogP contribution in [0.2, 0.25) is 0 Å². The van der Waals surface area contributed by atoms with Crippen LogP contribution in [0.1, 0.15) is 47.6 Å². The number of aryl methyl sites for hydroxylation is 2. The molecule has 5 nitrogen and oxygen atoms in total. The van der Waals surface area contributed by atoms with Gasteiger partial charge in [0.25, 0.3) is 0 Å². The van der Waals surface area contributed by atoms with E-state index in [0.717, 1.165) is 36.1 Å². The summed E-state index contributed by atoms with van der Waals surface area (Å²) in [6.45, 7) is 4.92. The molecule has 2 aromatic rings. The predicted octanol–water partition coefficient (Wildman–Crippen LogP) is 4.35. The van der Waals surface area contributed by atoms with E-state index in [2.05, 4.69) is 36.9 Å². The summed E-state index contributed by atoms with van der Waals surface area (Å²) >= 11 is 0. The Kier molecular flexibility index (Phi) is 6.25. The zero-order valence-electron chi connectivity index (χ0n) is 17.1. The molecule has 1 heterocycles. The van der Waals surface area contributed by atoms with E-state index in [1.165, 1.54) is 5.56 Å². The molecule has 0 aromatic heterocycles. The Bertz CT molecular complexity index is 848. The Morgan fingerprint density at radius 1 is 1.07 bits per heavy atom. The van der Waals surface area contributed by atoms with E-state index in [9.17, 15) is 9.90 Å². The molecule has 0 bridgehead atoms. The van der Waals surface area contributed by atoms with Crippen LogP contribution in [0.3, 0.4) is 0 Å². The molecule has 5 heteroatoms. The van der Waals surface area contributed by atoms with Crippen molar-refractivity contribution in [2.75, 3.05) is 20.8 Å². The van der Waals surface area contributed by atoms with E-state index in [1.807, 2.05) is 18.2 Å². The largest absolute Gasteiger partial charge is 0.493 e. The smallest absolute Gasteiger partial charge is 0.320 e. The van der Waals surface area contributed by atoms with Crippen molar-refractivity contribution in [1.82, 2.24) is 4.90 Å². The maximum atomic E-state index is 12.0. The summed E-state index contributed by atoms with van der Waals surface area (Å²) in [5, 5.41) is 9.86. The molecule has 0 saturated carbocycles. The van der Waals surface area contributed by atoms with Gasteiger partial charge >= 0.3 is 5.97 Å². The zero-order valence-corrected chi connectivity index (χ0v) is 17.1. The van der Waals surface area contributed by atoms with E-state index in [-0.39, 0.29) is 6.04 Å². The quantitative estimate of drug-likeness (QED) is 0.804. The number of piperidine rings is 1. The van der Waals surface area contributed by atoms with Gasteiger partial charge < -0.3 is 14.6 Å². The average molecular weight is 383 g/mol. The third-order valence-electron chi connectivity index (χ3n) is 5.60. The summed E-state index contributed by atoms with van der Waals surface area (Å²) in [4.78, 5) is 14.1. The molecule has 3 rings (SSSR count). The van der Waals surface area contributed by atoms with Crippen LogP contribution in [-0.2, 0) is 4.79 Å². The highest BCUT2D eigenvalue weighted by Gasteiger charge is 2.36. The molecular weight excluding hydrogens is 354 g/mol. The molecular formula is C23H29NO4. The van der Waals surface area contributed by atoms with Crippen molar-refractivity contribution >= 4 is 5.97 Å². The molecule has 0 spiro atoms. The lowest BCUT2D eigenvalue weighted by Gasteiger charge is -2.40. The first-order valence-electron chi connectivity index (χ1n) is 9.74. The second-order valence-electron chi connectivity index (χ2n) is 7.46. The van der Waals surface area contributed by atoms with Gasteiger partial charge in [-0.1, -0.05) is 36.2 Å². The minimum Gasteiger partial charge on any atom is -0.493 e. The molecule has 2 atom stereocenters. The maximum Gasteiger partial charge on any atom is 0.320 e. The van der Waals surface area contributed by atoms with Crippen LogP contribution < -0.4 is 9.47 Å². The van der Waals surface area contributed by atoms with Crippen molar-refractivity contribution < 1.29 is 19.4 Å². The van der Waals surface area contributed by atoms with Gasteiger partial charge in [0.2, 0.25) is 0 Å². The number of methoxy groups -OCH3 is 2. The second kappa shape index (κ2) is 8.65. The standard InChI is InChI=1S/C23H29NO4/c1-15-8-10-18(16(2)13-15)22(24-12-6-5-7-19(24)23(25)26)17-9-11-20(27-3)21(14-17)28-4/h8-11,13-14,19,22H,5-7,12H2,1-4H3,(H,25,26). The lowest BCUT2D eigenvalue weighted by Crippen LogP contribution is -2.47. The normalized spacial score (nSPS) is 18.5. The number of benzene rings is 2. The monoisotopic (exact) mass is 383 g/mol. The van der Waals surface area contributed by atoms with Crippen LogP contribution in [0, 0.1) is 13.8 Å². The summed E-state index contributed by atoms with van der Waals surface area (Å²) in [5.41, 5.74) is 4.50. The van der Waals surface area contributed by atoms with Crippen LogP contribution in [0.15, 0.2) is 36.4 Å². The number of nitrogens with zero attached hydrogens (tertiary/aromatic N) is 1. The van der Waals surface area contributed by atoms with E-state index in [1.54, 1.807) is 14.2 Å². The highest BCUT2D eigenvalue weighted by Crippen LogP contribution is 2.39. The molecule has 1 aliphatic heterocycles. The van der Waals surface area contributed by atoms with Crippen molar-refractivity contribution in [1.29, 1.82) is 0 Å². The summed E-state index contributed by atoms with van der Waals surface area (Å²) in [7, 11) is 3.24. The van der Waals surface area contributed by atoms with Crippen molar-refractivity contribution in [2.24, 2.45) is 0 Å². The molecule has 28 heavy (non-hydrogen) atoms. The minimum absolute atomic E-state index is 0.151. The van der Waals surface area contributed by atoms with Crippen molar-refractivity contribution in [2.45, 2.75) is 45.2 Å². The Balaban J connectivity index is 2.15. The molecule has 1 fully saturated rings. The van der Waals surface area contributed by atoms with Gasteiger partial charge in [-0.25, -0.2) is 0 Å². The summed E-state index contributed by atoms with van der Waals surface area (Å²) in [6.07, 6.45) is 2.61. The number of hydrogen-bond acceptors (Lipinski definition) is 4. The lowest BCUT2D eigenvalue weighted by molar-refractivity contribution is -0.145. The summed E-state index contributed by atoms with van der Waals surface area (Å²) in [6, 6.07) is 11.6. The number of carboxylic acids is 1. The predicted molar refractivity (Wildman–Crippen MR) is 109 cm³/mol. The maximum absolute atomic E-state index is 12.0. The van der Waals surface area contributed by atoms with E-state index in [0.29, 0.717) is 17.9 Å². The van der Waals surface area contributed by atoms with Crippen LogP contribution in [0.5, 0.6) is 11.5 Å². The van der Waals surface area contributed by atoms with Crippen molar-refractivity contribution in [3.05, 3.63) is 58.7 Å². The summed E-state index contributed by atoms with van der Waals surface area (Å²) in [5.74, 6) is 0.563. The van der Waals surface area contributed by atoms with Gasteiger partial charge in [-0.15, -0.1) is 0 Å². The second-order valence-corrected chi connectivity index (χ2v) is 7.46. The number of hydrogen-bond donors (Lipinski definition) is 1. The Morgan fingerprint density at radius 2 is 1.82 bits per heavy atom. The Morgan fingerprint density at radius 3 is 2.46 bits per heavy atom. The fourth-order valence-corrected chi connectivity index (χ4v) is 4.23. The number of carbonyl (C=O) groups is 1. The fraction of sp³-hybridized carbons (Fsp3) is 0.435. The van der Waals surface area contributed by atoms with Crippen LogP contribution in [-0.4, -0.2) is 42.8 Å². The van der Waals surface area contributed by atoms with Gasteiger partial charge in [0.15, 0.2) is 11.5 Å². The summed E-state index contributed by atoms with van der Waals surface area (Å²) < 4.78 is 10.9. The molecule has 1 aliphatic rings. The third kappa shape index (κ3) is 3.99. The molecule has 2 unspecified atom stereocenters. The van der Waals surface area contributed by atoms with Gasteiger partial charge in [0.05, 0.1) is 20.3 Å². The zero-order chi connectivity index (χ0) is 20.3. The fourth-order valence-electron chi connectivity index (χ4n) is 4.23. The van der Waals surface area contributed by atoms with E-state index >= 15 is 0 Å². The number of aliphatic carboxylic acids is 1. The SMILES string of the molecule is COc1ccc(C(c2ccc(C)cc2C)N2CCCCC2C(=O)O)cc1OC. The molecule has 0 amide bonds.